The Morgan fingerprint density at radius 3 is 2.46 bits per heavy atom. The van der Waals surface area contributed by atoms with Gasteiger partial charge in [-0.05, 0) is 44.2 Å². The molecule has 2 aromatic rings. The zero-order valence-electron chi connectivity index (χ0n) is 13.0. The lowest BCUT2D eigenvalue weighted by Gasteiger charge is -2.09. The molecule has 1 aliphatic heterocycles. The Bertz CT molecular complexity index is 772. The summed E-state index contributed by atoms with van der Waals surface area (Å²) in [5, 5.41) is 6.52. The van der Waals surface area contributed by atoms with E-state index < -0.39 is 11.7 Å². The van der Waals surface area contributed by atoms with Gasteiger partial charge in [0.1, 0.15) is 0 Å². The van der Waals surface area contributed by atoms with E-state index in [1.54, 1.807) is 18.0 Å². The molecule has 0 saturated heterocycles. The highest BCUT2D eigenvalue weighted by atomic mass is 32.2. The fourth-order valence-corrected chi connectivity index (χ4v) is 3.39. The van der Waals surface area contributed by atoms with Crippen LogP contribution in [0.1, 0.15) is 25.1 Å². The fraction of sp³-hybridized carbons (Fsp3) is 0.250. The van der Waals surface area contributed by atoms with E-state index in [0.29, 0.717) is 11.6 Å². The lowest BCUT2D eigenvalue weighted by Crippen LogP contribution is -2.14. The van der Waals surface area contributed by atoms with E-state index in [-0.39, 0.29) is 5.37 Å². The van der Waals surface area contributed by atoms with Gasteiger partial charge < -0.3 is 10.6 Å². The van der Waals surface area contributed by atoms with Crippen LogP contribution in [0.3, 0.4) is 0 Å². The lowest BCUT2D eigenvalue weighted by atomic mass is 10.2. The third-order valence-corrected chi connectivity index (χ3v) is 4.63. The average Bonchev–Trinajstić information content (AvgIpc) is 2.86. The number of hydrogen-bond acceptors (Lipinski definition) is 5. The molecule has 2 heterocycles. The molecule has 1 aromatic carbocycles. The minimum Gasteiger partial charge on any atom is -0.376 e. The van der Waals surface area contributed by atoms with Crippen LogP contribution in [0.4, 0.5) is 24.8 Å². The number of benzene rings is 1. The topological polar surface area (TPSA) is 49.8 Å². The molecule has 4 nitrogen and oxygen atoms in total. The van der Waals surface area contributed by atoms with Gasteiger partial charge in [0.25, 0.3) is 0 Å². The van der Waals surface area contributed by atoms with Crippen molar-refractivity contribution in [2.45, 2.75) is 25.4 Å². The smallest absolute Gasteiger partial charge is 0.376 e. The van der Waals surface area contributed by atoms with E-state index in [1.165, 1.54) is 12.1 Å². The van der Waals surface area contributed by atoms with E-state index in [9.17, 15) is 13.2 Å². The van der Waals surface area contributed by atoms with Crippen LogP contribution in [0.5, 0.6) is 0 Å². The predicted octanol–water partition coefficient (Wildman–Crippen LogP) is 4.61. The van der Waals surface area contributed by atoms with Crippen molar-refractivity contribution in [1.82, 2.24) is 15.3 Å². The first-order valence-corrected chi connectivity index (χ1v) is 8.12. The molecule has 0 bridgehead atoms. The van der Waals surface area contributed by atoms with Gasteiger partial charge in [0.05, 0.1) is 21.5 Å². The minimum absolute atomic E-state index is 0.279. The van der Waals surface area contributed by atoms with Crippen molar-refractivity contribution in [2.75, 3.05) is 5.32 Å². The number of thioether (sulfide) groups is 1. The number of anilines is 2. The number of nitrogens with zero attached hydrogens (tertiary/aromatic N) is 2. The standard InChI is InChI=1S/C16H15F3N4S/c1-9-14(24-10(2)21-9)13-7-8-20-15(23-13)22-12-5-3-11(4-6-12)16(17,18)19/h3-8,10,21H,1-2H3,(H,20,22,23). The highest BCUT2D eigenvalue weighted by molar-refractivity contribution is 8.09. The van der Waals surface area contributed by atoms with Crippen LogP contribution in [0.15, 0.2) is 42.2 Å². The molecule has 24 heavy (non-hydrogen) atoms. The summed E-state index contributed by atoms with van der Waals surface area (Å²) in [5.74, 6) is 0.340. The average molecular weight is 352 g/mol. The number of aromatic nitrogens is 2. The number of hydrogen-bond donors (Lipinski definition) is 2. The number of nitrogens with one attached hydrogen (secondary N) is 2. The lowest BCUT2D eigenvalue weighted by molar-refractivity contribution is -0.137. The molecule has 1 unspecified atom stereocenters. The summed E-state index contributed by atoms with van der Waals surface area (Å²) in [7, 11) is 0. The van der Waals surface area contributed by atoms with Crippen molar-refractivity contribution >= 4 is 28.3 Å². The summed E-state index contributed by atoms with van der Waals surface area (Å²) in [5.41, 5.74) is 1.63. The molecule has 2 N–H and O–H groups in total. The van der Waals surface area contributed by atoms with Gasteiger partial charge in [0.15, 0.2) is 0 Å². The van der Waals surface area contributed by atoms with Crippen molar-refractivity contribution in [1.29, 1.82) is 0 Å². The second-order valence-electron chi connectivity index (χ2n) is 5.32. The monoisotopic (exact) mass is 352 g/mol. The molecule has 0 spiro atoms. The van der Waals surface area contributed by atoms with Crippen LogP contribution in [0.2, 0.25) is 0 Å². The fourth-order valence-electron chi connectivity index (χ4n) is 2.33. The summed E-state index contributed by atoms with van der Waals surface area (Å²) in [6, 6.07) is 6.58. The highest BCUT2D eigenvalue weighted by Crippen LogP contribution is 2.37. The zero-order valence-corrected chi connectivity index (χ0v) is 13.8. The molecule has 0 radical (unpaired) electrons. The molecule has 0 fully saturated rings. The van der Waals surface area contributed by atoms with Crippen LogP contribution in [0.25, 0.3) is 4.91 Å². The Balaban J connectivity index is 1.79. The number of rotatable bonds is 3. The molecule has 126 valence electrons. The first-order chi connectivity index (χ1) is 11.3. The molecule has 1 aromatic heterocycles. The number of allylic oxidation sites excluding steroid dienone is 1. The van der Waals surface area contributed by atoms with Gasteiger partial charge >= 0.3 is 6.18 Å². The van der Waals surface area contributed by atoms with E-state index in [0.717, 1.165) is 28.4 Å². The van der Waals surface area contributed by atoms with Gasteiger partial charge in [-0.2, -0.15) is 13.2 Å². The Morgan fingerprint density at radius 1 is 1.17 bits per heavy atom. The zero-order chi connectivity index (χ0) is 17.3. The van der Waals surface area contributed by atoms with Gasteiger partial charge in [-0.15, -0.1) is 0 Å². The summed E-state index contributed by atoms with van der Waals surface area (Å²) in [4.78, 5) is 9.61. The van der Waals surface area contributed by atoms with Gasteiger partial charge in [0.2, 0.25) is 5.95 Å². The van der Waals surface area contributed by atoms with Crippen molar-refractivity contribution < 1.29 is 13.2 Å². The van der Waals surface area contributed by atoms with Crippen LogP contribution in [0, 0.1) is 0 Å². The molecule has 0 aliphatic carbocycles. The minimum atomic E-state index is -4.34. The van der Waals surface area contributed by atoms with E-state index in [2.05, 4.69) is 27.5 Å². The second kappa shape index (κ2) is 6.35. The third kappa shape index (κ3) is 3.64. The molecule has 8 heteroatoms. The van der Waals surface area contributed by atoms with E-state index >= 15 is 0 Å². The SMILES string of the molecule is CC1=C(c2ccnc(Nc3ccc(C(F)(F)F)cc3)n2)SC(C)N1. The van der Waals surface area contributed by atoms with Crippen molar-refractivity contribution in [3.63, 3.8) is 0 Å². The summed E-state index contributed by atoms with van der Waals surface area (Å²) in [6.45, 7) is 4.04. The maximum absolute atomic E-state index is 12.6. The van der Waals surface area contributed by atoms with Gasteiger partial charge in [-0.1, -0.05) is 11.8 Å². The van der Waals surface area contributed by atoms with Gasteiger partial charge in [-0.3, -0.25) is 0 Å². The van der Waals surface area contributed by atoms with E-state index in [4.69, 9.17) is 0 Å². The molecular weight excluding hydrogens is 337 g/mol. The molecular formula is C16H15F3N4S. The maximum Gasteiger partial charge on any atom is 0.416 e. The van der Waals surface area contributed by atoms with Gasteiger partial charge in [0, 0.05) is 17.6 Å². The molecule has 1 aliphatic rings. The van der Waals surface area contributed by atoms with Crippen LogP contribution in [-0.4, -0.2) is 15.3 Å². The van der Waals surface area contributed by atoms with E-state index in [1.807, 2.05) is 13.0 Å². The Morgan fingerprint density at radius 2 is 1.88 bits per heavy atom. The molecule has 0 saturated carbocycles. The van der Waals surface area contributed by atoms with Crippen LogP contribution < -0.4 is 10.6 Å². The van der Waals surface area contributed by atoms with Crippen LogP contribution in [-0.2, 0) is 6.18 Å². The Labute approximate surface area is 141 Å². The molecule has 0 amide bonds. The van der Waals surface area contributed by atoms with Crippen molar-refractivity contribution in [2.24, 2.45) is 0 Å². The number of alkyl halides is 3. The Kier molecular flexibility index (Phi) is 4.40. The highest BCUT2D eigenvalue weighted by Gasteiger charge is 2.30. The summed E-state index contributed by atoms with van der Waals surface area (Å²) < 4.78 is 37.7. The third-order valence-electron chi connectivity index (χ3n) is 3.41. The predicted molar refractivity (Wildman–Crippen MR) is 89.5 cm³/mol. The summed E-state index contributed by atoms with van der Waals surface area (Å²) >= 11 is 1.67. The van der Waals surface area contributed by atoms with Crippen LogP contribution >= 0.6 is 11.8 Å². The van der Waals surface area contributed by atoms with Crippen molar-refractivity contribution in [3.05, 3.63) is 53.5 Å². The summed E-state index contributed by atoms with van der Waals surface area (Å²) in [6.07, 6.45) is -2.72. The quantitative estimate of drug-likeness (QED) is 0.845. The first kappa shape index (κ1) is 16.6. The first-order valence-electron chi connectivity index (χ1n) is 7.25. The maximum atomic E-state index is 12.6. The van der Waals surface area contributed by atoms with Gasteiger partial charge in [-0.25, -0.2) is 9.97 Å². The number of halogens is 3. The van der Waals surface area contributed by atoms with Crippen molar-refractivity contribution in [3.8, 4) is 0 Å². The Hall–Kier alpha value is -2.22. The molecule has 1 atom stereocenters. The molecule has 3 rings (SSSR count). The largest absolute Gasteiger partial charge is 0.416 e. The second-order valence-corrected chi connectivity index (χ2v) is 6.68. The normalized spacial score (nSPS) is 17.8.